The number of anilines is 1. The summed E-state index contributed by atoms with van der Waals surface area (Å²) < 4.78 is 29.6. The zero-order valence-corrected chi connectivity index (χ0v) is 20.8. The monoisotopic (exact) mass is 520 g/mol. The smallest absolute Gasteiger partial charge is 0.242 e. The molecule has 0 saturated carbocycles. The first kappa shape index (κ1) is 24.0. The van der Waals surface area contributed by atoms with Gasteiger partial charge in [-0.1, -0.05) is 41.4 Å². The van der Waals surface area contributed by atoms with Crippen molar-refractivity contribution in [3.05, 3.63) is 92.8 Å². The van der Waals surface area contributed by atoms with E-state index in [-0.39, 0.29) is 23.1 Å². The molecule has 5 nitrogen and oxygen atoms in total. The normalized spacial score (nSPS) is 12.7. The van der Waals surface area contributed by atoms with Crippen LogP contribution >= 0.6 is 34.5 Å². The third kappa shape index (κ3) is 5.35. The van der Waals surface area contributed by atoms with E-state index in [0.29, 0.717) is 10.7 Å². The largest absolute Gasteiger partial charge is 0.394 e. The van der Waals surface area contributed by atoms with E-state index in [4.69, 9.17) is 23.2 Å². The van der Waals surface area contributed by atoms with Crippen LogP contribution in [0.25, 0.3) is 10.1 Å². The molecule has 4 rings (SSSR count). The lowest BCUT2D eigenvalue weighted by Crippen LogP contribution is -2.23. The summed E-state index contributed by atoms with van der Waals surface area (Å²) in [6.45, 7) is 1.92. The van der Waals surface area contributed by atoms with E-state index >= 15 is 0 Å². The minimum atomic E-state index is -3.83. The molecule has 33 heavy (non-hydrogen) atoms. The molecule has 0 amide bonds. The Labute approximate surface area is 207 Å². The Balaban J connectivity index is 1.51. The number of hydrogen-bond donors (Lipinski definition) is 3. The topological polar surface area (TPSA) is 78.4 Å². The number of aliphatic hydroxyl groups excluding tert-OH is 1. The molecular formula is C24H22Cl2N2O3S2. The highest BCUT2D eigenvalue weighted by atomic mass is 35.5. The summed E-state index contributed by atoms with van der Waals surface area (Å²) in [6, 6.07) is 17.5. The molecule has 9 heteroatoms. The van der Waals surface area contributed by atoms with Gasteiger partial charge in [-0.05, 0) is 76.8 Å². The summed E-state index contributed by atoms with van der Waals surface area (Å²) in [5.74, 6) is 0. The number of thiophene rings is 1. The van der Waals surface area contributed by atoms with Gasteiger partial charge in [0.05, 0.1) is 17.7 Å². The van der Waals surface area contributed by atoms with Crippen LogP contribution in [0.3, 0.4) is 0 Å². The number of fused-ring (bicyclic) bond motifs is 1. The van der Waals surface area contributed by atoms with E-state index in [2.05, 4.69) is 10.0 Å². The zero-order valence-electron chi connectivity index (χ0n) is 17.7. The van der Waals surface area contributed by atoms with Gasteiger partial charge < -0.3 is 10.4 Å². The second-order valence-electron chi connectivity index (χ2n) is 7.60. The molecule has 0 fully saturated rings. The van der Waals surface area contributed by atoms with E-state index < -0.39 is 16.1 Å². The quantitative estimate of drug-likeness (QED) is 0.260. The van der Waals surface area contributed by atoms with E-state index in [0.717, 1.165) is 26.8 Å². The third-order valence-electron chi connectivity index (χ3n) is 5.39. The molecule has 0 aliphatic heterocycles. The first-order valence-electron chi connectivity index (χ1n) is 10.2. The molecule has 3 N–H and O–H groups in total. The van der Waals surface area contributed by atoms with Crippen LogP contribution in [-0.4, -0.2) is 20.1 Å². The van der Waals surface area contributed by atoms with Crippen LogP contribution in [0.2, 0.25) is 10.0 Å². The van der Waals surface area contributed by atoms with E-state index in [1.165, 1.54) is 6.07 Å². The van der Waals surface area contributed by atoms with Gasteiger partial charge in [0.15, 0.2) is 0 Å². The SMILES string of the molecule is Cc1cc(Cl)ccc1C(CO)Nc1ccc(S(=O)(=O)NCc2cccc3sccc23)c(Cl)c1. The Morgan fingerprint density at radius 1 is 1.06 bits per heavy atom. The van der Waals surface area contributed by atoms with Crippen LogP contribution in [0.5, 0.6) is 0 Å². The summed E-state index contributed by atoms with van der Waals surface area (Å²) >= 11 is 14.0. The van der Waals surface area contributed by atoms with Crippen molar-refractivity contribution in [1.29, 1.82) is 0 Å². The first-order chi connectivity index (χ1) is 15.8. The number of hydrogen-bond acceptors (Lipinski definition) is 5. The fraction of sp³-hybridized carbons (Fsp3) is 0.167. The maximum absolute atomic E-state index is 12.9. The molecule has 1 atom stereocenters. The molecule has 1 unspecified atom stereocenters. The average molecular weight is 521 g/mol. The molecule has 172 valence electrons. The maximum Gasteiger partial charge on any atom is 0.242 e. The molecule has 0 aliphatic rings. The van der Waals surface area contributed by atoms with E-state index in [1.807, 2.05) is 48.7 Å². The number of halogens is 2. The fourth-order valence-electron chi connectivity index (χ4n) is 3.72. The highest BCUT2D eigenvalue weighted by Crippen LogP contribution is 2.30. The summed E-state index contributed by atoms with van der Waals surface area (Å²) in [4.78, 5) is -0.00423. The van der Waals surface area contributed by atoms with Crippen LogP contribution < -0.4 is 10.0 Å². The van der Waals surface area contributed by atoms with Gasteiger partial charge >= 0.3 is 0 Å². The Kier molecular flexibility index (Phi) is 7.28. The van der Waals surface area contributed by atoms with Gasteiger partial charge in [0.2, 0.25) is 10.0 Å². The lowest BCUT2D eigenvalue weighted by molar-refractivity contribution is 0.276. The molecular weight excluding hydrogens is 499 g/mol. The van der Waals surface area contributed by atoms with Crippen molar-refractivity contribution in [3.8, 4) is 0 Å². The minimum absolute atomic E-state index is 0.00423. The predicted octanol–water partition coefficient (Wildman–Crippen LogP) is 6.14. The van der Waals surface area contributed by atoms with E-state index in [9.17, 15) is 13.5 Å². The van der Waals surface area contributed by atoms with Crippen molar-refractivity contribution < 1.29 is 13.5 Å². The molecule has 1 aromatic heterocycles. The summed E-state index contributed by atoms with van der Waals surface area (Å²) in [7, 11) is -3.83. The van der Waals surface area contributed by atoms with Crippen molar-refractivity contribution in [3.63, 3.8) is 0 Å². The number of sulfonamides is 1. The molecule has 0 saturated heterocycles. The predicted molar refractivity (Wildman–Crippen MR) is 137 cm³/mol. The molecule has 4 aromatic rings. The Hall–Kier alpha value is -2.13. The standard InChI is InChI=1S/C24H22Cl2N2O3S2/c1-15-11-17(25)5-7-19(15)22(14-29)28-18-6-8-24(21(26)12-18)33(30,31)27-13-16-3-2-4-23-20(16)9-10-32-23/h2-12,22,27-29H,13-14H2,1H3. The van der Waals surface area contributed by atoms with Crippen LogP contribution in [-0.2, 0) is 16.6 Å². The van der Waals surface area contributed by atoms with Crippen LogP contribution in [0, 0.1) is 6.92 Å². The van der Waals surface area contributed by atoms with Crippen molar-refractivity contribution in [2.75, 3.05) is 11.9 Å². The molecule has 0 spiro atoms. The number of nitrogens with one attached hydrogen (secondary N) is 2. The second kappa shape index (κ2) is 10.0. The summed E-state index contributed by atoms with van der Waals surface area (Å²) in [6.07, 6.45) is 0. The molecule has 3 aromatic carbocycles. The lowest BCUT2D eigenvalue weighted by Gasteiger charge is -2.21. The average Bonchev–Trinajstić information content (AvgIpc) is 3.26. The molecule has 0 radical (unpaired) electrons. The lowest BCUT2D eigenvalue weighted by atomic mass is 10.0. The van der Waals surface area contributed by atoms with Gasteiger partial charge in [-0.15, -0.1) is 11.3 Å². The van der Waals surface area contributed by atoms with Crippen molar-refractivity contribution in [2.24, 2.45) is 0 Å². The fourth-order valence-corrected chi connectivity index (χ4v) is 6.33. The van der Waals surface area contributed by atoms with Gasteiger partial charge in [0, 0.05) is 22.0 Å². The van der Waals surface area contributed by atoms with E-state index in [1.54, 1.807) is 29.5 Å². The van der Waals surface area contributed by atoms with Crippen molar-refractivity contribution in [2.45, 2.75) is 24.4 Å². The molecule has 0 aliphatic carbocycles. The third-order valence-corrected chi connectivity index (χ3v) is 8.39. The zero-order chi connectivity index (χ0) is 23.6. The van der Waals surface area contributed by atoms with Gasteiger partial charge in [-0.25, -0.2) is 13.1 Å². The minimum Gasteiger partial charge on any atom is -0.394 e. The number of aliphatic hydroxyl groups is 1. The van der Waals surface area contributed by atoms with Gasteiger partial charge in [0.25, 0.3) is 0 Å². The number of aryl methyl sites for hydroxylation is 1. The summed E-state index contributed by atoms with van der Waals surface area (Å²) in [5, 5.41) is 16.8. The van der Waals surface area contributed by atoms with Gasteiger partial charge in [-0.3, -0.25) is 0 Å². The van der Waals surface area contributed by atoms with Gasteiger partial charge in [-0.2, -0.15) is 0 Å². The summed E-state index contributed by atoms with van der Waals surface area (Å²) in [5.41, 5.74) is 3.31. The van der Waals surface area contributed by atoms with Crippen LogP contribution in [0.4, 0.5) is 5.69 Å². The number of benzene rings is 3. The Morgan fingerprint density at radius 2 is 1.88 bits per heavy atom. The Bertz CT molecular complexity index is 1400. The highest BCUT2D eigenvalue weighted by Gasteiger charge is 2.20. The number of rotatable bonds is 8. The first-order valence-corrected chi connectivity index (χ1v) is 13.3. The Morgan fingerprint density at radius 3 is 2.61 bits per heavy atom. The van der Waals surface area contributed by atoms with Gasteiger partial charge in [0.1, 0.15) is 4.90 Å². The molecule has 0 bridgehead atoms. The maximum atomic E-state index is 12.9. The molecule has 1 heterocycles. The van der Waals surface area contributed by atoms with Crippen LogP contribution in [0.15, 0.2) is 70.9 Å². The highest BCUT2D eigenvalue weighted by molar-refractivity contribution is 7.89. The second-order valence-corrected chi connectivity index (χ2v) is 11.1. The van der Waals surface area contributed by atoms with Crippen LogP contribution in [0.1, 0.15) is 22.7 Å². The van der Waals surface area contributed by atoms with Crippen molar-refractivity contribution >= 4 is 60.3 Å². The van der Waals surface area contributed by atoms with Crippen molar-refractivity contribution in [1.82, 2.24) is 4.72 Å².